The van der Waals surface area contributed by atoms with E-state index in [0.29, 0.717) is 17.9 Å². The number of anilines is 1. The maximum Gasteiger partial charge on any atom is 0.221 e. The molecule has 0 bridgehead atoms. The Bertz CT molecular complexity index is 1200. The van der Waals surface area contributed by atoms with Crippen molar-refractivity contribution in [2.75, 3.05) is 18.4 Å². The molecule has 7 nitrogen and oxygen atoms in total. The van der Waals surface area contributed by atoms with Crippen molar-refractivity contribution in [3.05, 3.63) is 53.1 Å². The number of Topliss-reactive ketones (excluding diaryl/α,β-unsaturated/α-hetero) is 1. The number of benzene rings is 2. The normalized spacial score (nSPS) is 21.4. The zero-order chi connectivity index (χ0) is 28.0. The van der Waals surface area contributed by atoms with Crippen molar-refractivity contribution in [3.8, 4) is 11.5 Å². The summed E-state index contributed by atoms with van der Waals surface area (Å²) in [6.07, 6.45) is 1.62. The van der Waals surface area contributed by atoms with Crippen LogP contribution in [0.3, 0.4) is 0 Å². The average Bonchev–Trinajstić information content (AvgIpc) is 3.31. The second-order valence-electron chi connectivity index (χ2n) is 12.9. The molecule has 0 spiro atoms. The lowest BCUT2D eigenvalue weighted by Gasteiger charge is -2.28. The zero-order valence-corrected chi connectivity index (χ0v) is 23.6. The summed E-state index contributed by atoms with van der Waals surface area (Å²) >= 11 is 0. The molecule has 2 fully saturated rings. The van der Waals surface area contributed by atoms with Crippen LogP contribution in [0.2, 0.25) is 0 Å². The molecule has 1 amide bonds. The molecule has 3 N–H and O–H groups in total. The molecule has 2 aliphatic rings. The lowest BCUT2D eigenvalue weighted by Crippen LogP contribution is -2.34. The molecule has 4 rings (SSSR count). The third kappa shape index (κ3) is 5.87. The van der Waals surface area contributed by atoms with Gasteiger partial charge in [-0.2, -0.15) is 0 Å². The highest BCUT2D eigenvalue weighted by Crippen LogP contribution is 2.42. The number of fused-ring (bicyclic) bond motifs is 1. The van der Waals surface area contributed by atoms with Crippen LogP contribution in [0.25, 0.3) is 0 Å². The lowest BCUT2D eigenvalue weighted by molar-refractivity contribution is -0.114. The maximum atomic E-state index is 13.5. The SMILES string of the molecule is CC(=O)Nc1ccc(OC2CC3CN(CC(=O)c4cc(C(C)(C)C)c(O)c(C(C)(C)C)c4)C(=N)C3C2)cc1. The van der Waals surface area contributed by atoms with E-state index in [2.05, 4.69) is 5.32 Å². The number of carbonyl (C=O) groups is 2. The van der Waals surface area contributed by atoms with Crippen LogP contribution in [0.1, 0.15) is 82.8 Å². The van der Waals surface area contributed by atoms with Crippen molar-refractivity contribution in [2.45, 2.75) is 78.2 Å². The van der Waals surface area contributed by atoms with Gasteiger partial charge in [-0.25, -0.2) is 0 Å². The van der Waals surface area contributed by atoms with Crippen molar-refractivity contribution in [1.82, 2.24) is 4.90 Å². The summed E-state index contributed by atoms with van der Waals surface area (Å²) in [4.78, 5) is 26.6. The van der Waals surface area contributed by atoms with Crippen molar-refractivity contribution in [2.24, 2.45) is 11.8 Å². The fraction of sp³-hybridized carbons (Fsp3) is 0.516. The van der Waals surface area contributed by atoms with E-state index in [1.807, 2.05) is 82.8 Å². The molecule has 0 radical (unpaired) electrons. The van der Waals surface area contributed by atoms with E-state index in [9.17, 15) is 14.7 Å². The predicted molar refractivity (Wildman–Crippen MR) is 151 cm³/mol. The number of aromatic hydroxyl groups is 1. The van der Waals surface area contributed by atoms with Crippen LogP contribution in [0.5, 0.6) is 11.5 Å². The number of phenolic OH excluding ortho intramolecular Hbond substituents is 1. The standard InChI is InChI=1S/C31H41N3O4/c1-18(35)33-21-8-10-22(11-9-21)38-23-12-20-16-34(29(32)24(20)15-23)17-27(36)19-13-25(30(2,3)4)28(37)26(14-19)31(5,6)7/h8-11,13-14,20,23-24,32,37H,12,15-17H2,1-7H3,(H,33,35). The molecule has 204 valence electrons. The quantitative estimate of drug-likeness (QED) is 0.413. The number of rotatable bonds is 6. The van der Waals surface area contributed by atoms with Gasteiger partial charge in [-0.15, -0.1) is 0 Å². The van der Waals surface area contributed by atoms with E-state index in [1.165, 1.54) is 6.92 Å². The molecule has 1 saturated carbocycles. The van der Waals surface area contributed by atoms with Gasteiger partial charge in [0.25, 0.3) is 0 Å². The number of amides is 1. The van der Waals surface area contributed by atoms with E-state index in [4.69, 9.17) is 10.1 Å². The molecule has 2 aromatic rings. The molecule has 1 aliphatic heterocycles. The van der Waals surface area contributed by atoms with Crippen molar-refractivity contribution in [3.63, 3.8) is 0 Å². The first-order chi connectivity index (χ1) is 17.6. The highest BCUT2D eigenvalue weighted by molar-refractivity contribution is 6.01. The van der Waals surface area contributed by atoms with Gasteiger partial charge in [0.15, 0.2) is 5.78 Å². The first-order valence-electron chi connectivity index (χ1n) is 13.4. The van der Waals surface area contributed by atoms with E-state index in [1.54, 1.807) is 0 Å². The van der Waals surface area contributed by atoms with Gasteiger partial charge in [0.2, 0.25) is 5.91 Å². The van der Waals surface area contributed by atoms with Crippen molar-refractivity contribution in [1.29, 1.82) is 5.41 Å². The largest absolute Gasteiger partial charge is 0.507 e. The third-order valence-electron chi connectivity index (χ3n) is 7.66. The number of hydrogen-bond donors (Lipinski definition) is 3. The first-order valence-corrected chi connectivity index (χ1v) is 13.4. The molecule has 1 saturated heterocycles. The van der Waals surface area contributed by atoms with Crippen LogP contribution in [0.4, 0.5) is 5.69 Å². The number of carbonyl (C=O) groups excluding carboxylic acids is 2. The maximum absolute atomic E-state index is 13.5. The Balaban J connectivity index is 1.42. The topological polar surface area (TPSA) is 103 Å². The molecular weight excluding hydrogens is 478 g/mol. The van der Waals surface area contributed by atoms with Gasteiger partial charge >= 0.3 is 0 Å². The Morgan fingerprint density at radius 2 is 1.61 bits per heavy atom. The Labute approximate surface area is 226 Å². The van der Waals surface area contributed by atoms with Gasteiger partial charge in [0.1, 0.15) is 11.5 Å². The van der Waals surface area contributed by atoms with Crippen LogP contribution in [0, 0.1) is 17.2 Å². The van der Waals surface area contributed by atoms with Crippen LogP contribution in [-0.2, 0) is 15.6 Å². The highest BCUT2D eigenvalue weighted by atomic mass is 16.5. The summed E-state index contributed by atoms with van der Waals surface area (Å²) in [6.45, 7) is 14.5. The summed E-state index contributed by atoms with van der Waals surface area (Å²) in [5.74, 6) is 1.76. The molecule has 2 aromatic carbocycles. The van der Waals surface area contributed by atoms with Gasteiger partial charge < -0.3 is 20.1 Å². The van der Waals surface area contributed by atoms with E-state index in [0.717, 1.165) is 35.4 Å². The summed E-state index contributed by atoms with van der Waals surface area (Å²) < 4.78 is 6.19. The van der Waals surface area contributed by atoms with Gasteiger partial charge in [-0.05, 0) is 66.0 Å². The van der Waals surface area contributed by atoms with Gasteiger partial charge in [0.05, 0.1) is 18.5 Å². The Hall–Kier alpha value is -3.35. The number of likely N-dealkylation sites (tertiary alicyclic amines) is 1. The van der Waals surface area contributed by atoms with Crippen LogP contribution < -0.4 is 10.1 Å². The van der Waals surface area contributed by atoms with Crippen LogP contribution in [-0.4, -0.2) is 46.7 Å². The minimum absolute atomic E-state index is 0.0237. The van der Waals surface area contributed by atoms with Gasteiger partial charge in [0, 0.05) is 41.8 Å². The number of ketones is 1. The summed E-state index contributed by atoms with van der Waals surface area (Å²) in [5.41, 5.74) is 2.24. The number of hydrogen-bond acceptors (Lipinski definition) is 5. The molecule has 3 atom stereocenters. The van der Waals surface area contributed by atoms with E-state index >= 15 is 0 Å². The molecule has 0 aromatic heterocycles. The lowest BCUT2D eigenvalue weighted by atomic mass is 9.78. The van der Waals surface area contributed by atoms with Gasteiger partial charge in [-0.3, -0.25) is 15.0 Å². The van der Waals surface area contributed by atoms with Gasteiger partial charge in [-0.1, -0.05) is 41.5 Å². The monoisotopic (exact) mass is 519 g/mol. The van der Waals surface area contributed by atoms with E-state index in [-0.39, 0.29) is 52.8 Å². The first kappa shape index (κ1) is 27.7. The molecule has 1 aliphatic carbocycles. The number of nitrogens with zero attached hydrogens (tertiary/aromatic N) is 1. The summed E-state index contributed by atoms with van der Waals surface area (Å²) in [5, 5.41) is 22.6. The predicted octanol–water partition coefficient (Wildman–Crippen LogP) is 5.89. The summed E-state index contributed by atoms with van der Waals surface area (Å²) in [6, 6.07) is 11.0. The zero-order valence-electron chi connectivity index (χ0n) is 23.6. The van der Waals surface area contributed by atoms with Crippen molar-refractivity contribution >= 4 is 23.2 Å². The minimum atomic E-state index is -0.309. The number of nitrogens with one attached hydrogen (secondary N) is 2. The highest BCUT2D eigenvalue weighted by Gasteiger charge is 2.46. The van der Waals surface area contributed by atoms with Crippen LogP contribution >= 0.6 is 0 Å². The molecular formula is C31H41N3O4. The Morgan fingerprint density at radius 1 is 1.03 bits per heavy atom. The average molecular weight is 520 g/mol. The smallest absolute Gasteiger partial charge is 0.221 e. The second-order valence-corrected chi connectivity index (χ2v) is 12.9. The fourth-order valence-electron chi connectivity index (χ4n) is 5.69. The molecule has 3 unspecified atom stereocenters. The minimum Gasteiger partial charge on any atom is -0.507 e. The number of ether oxygens (including phenoxy) is 1. The summed E-state index contributed by atoms with van der Waals surface area (Å²) in [7, 11) is 0. The molecule has 7 heteroatoms. The Morgan fingerprint density at radius 3 is 2.11 bits per heavy atom. The molecule has 38 heavy (non-hydrogen) atoms. The van der Waals surface area contributed by atoms with Crippen LogP contribution in [0.15, 0.2) is 36.4 Å². The third-order valence-corrected chi connectivity index (χ3v) is 7.66. The van der Waals surface area contributed by atoms with Crippen molar-refractivity contribution < 1.29 is 19.4 Å². The number of phenols is 1. The molecule has 1 heterocycles. The Kier molecular flexibility index (Phi) is 7.34. The second kappa shape index (κ2) is 10.1. The number of amidine groups is 1. The van der Waals surface area contributed by atoms with E-state index < -0.39 is 0 Å². The fourth-order valence-corrected chi connectivity index (χ4v) is 5.69.